The quantitative estimate of drug-likeness (QED) is 0.398. The Labute approximate surface area is 213 Å². The molecule has 0 saturated carbocycles. The summed E-state index contributed by atoms with van der Waals surface area (Å²) in [5, 5.41) is 7.01. The Bertz CT molecular complexity index is 1530. The third-order valence-electron chi connectivity index (χ3n) is 6.00. The largest absolute Gasteiger partial charge is 0.493 e. The first-order valence-electron chi connectivity index (χ1n) is 11.7. The molecule has 190 valence electrons. The van der Waals surface area contributed by atoms with Crippen molar-refractivity contribution in [1.29, 1.82) is 0 Å². The number of methoxy groups -OCH3 is 2. The fraction of sp³-hybridized carbons (Fsp3) is 0.214. The van der Waals surface area contributed by atoms with E-state index in [1.165, 1.54) is 14.2 Å². The minimum Gasteiger partial charge on any atom is -0.493 e. The van der Waals surface area contributed by atoms with E-state index in [0.29, 0.717) is 17.2 Å². The molecule has 0 aliphatic carbocycles. The van der Waals surface area contributed by atoms with Crippen molar-refractivity contribution in [3.05, 3.63) is 116 Å². The number of benzene rings is 3. The summed E-state index contributed by atoms with van der Waals surface area (Å²) in [6, 6.07) is 21.2. The number of ether oxygens (including phenoxy) is 2. The van der Waals surface area contributed by atoms with Crippen molar-refractivity contribution in [2.45, 2.75) is 26.4 Å². The van der Waals surface area contributed by atoms with E-state index in [1.807, 2.05) is 68.4 Å². The van der Waals surface area contributed by atoms with Gasteiger partial charge in [0.25, 0.3) is 11.5 Å². The summed E-state index contributed by atoms with van der Waals surface area (Å²) in [4.78, 5) is 40.2. The Morgan fingerprint density at radius 2 is 1.62 bits per heavy atom. The Balaban J connectivity index is 1.83. The summed E-state index contributed by atoms with van der Waals surface area (Å²) in [6.07, 6.45) is 0. The number of carbonyl (C=O) groups excluding carboxylic acids is 1. The number of hydrogen-bond donors (Lipinski definition) is 1. The lowest BCUT2D eigenvalue weighted by Crippen LogP contribution is -2.46. The van der Waals surface area contributed by atoms with Gasteiger partial charge < -0.3 is 14.8 Å². The molecule has 9 heteroatoms. The highest BCUT2D eigenvalue weighted by molar-refractivity contribution is 5.92. The summed E-state index contributed by atoms with van der Waals surface area (Å²) in [5.41, 5.74) is 1.09. The van der Waals surface area contributed by atoms with E-state index in [9.17, 15) is 14.4 Å². The van der Waals surface area contributed by atoms with Crippen LogP contribution in [0.2, 0.25) is 0 Å². The second-order valence-corrected chi connectivity index (χ2v) is 8.56. The lowest BCUT2D eigenvalue weighted by Gasteiger charge is -2.16. The van der Waals surface area contributed by atoms with Gasteiger partial charge in [0.1, 0.15) is 0 Å². The molecule has 0 spiro atoms. The zero-order valence-electron chi connectivity index (χ0n) is 21.1. The van der Waals surface area contributed by atoms with E-state index in [4.69, 9.17) is 9.47 Å². The molecule has 1 atom stereocenters. The van der Waals surface area contributed by atoms with Gasteiger partial charge in [0, 0.05) is 6.07 Å². The van der Waals surface area contributed by atoms with Gasteiger partial charge in [0.05, 0.1) is 32.5 Å². The van der Waals surface area contributed by atoms with Crippen molar-refractivity contribution < 1.29 is 14.3 Å². The van der Waals surface area contributed by atoms with Crippen LogP contribution in [0.3, 0.4) is 0 Å². The molecule has 0 aliphatic heterocycles. The van der Waals surface area contributed by atoms with Gasteiger partial charge in [-0.1, -0.05) is 60.2 Å². The predicted molar refractivity (Wildman–Crippen MR) is 140 cm³/mol. The SMILES string of the molecule is COc1ccc(-n2nc(C(=O)NC(C)c3ccccc3)c(=O)n(Cc3ccc(C)cc3)c2=O)cc1OC. The molecule has 4 aromatic rings. The third kappa shape index (κ3) is 5.45. The molecule has 3 aromatic carbocycles. The molecule has 0 bridgehead atoms. The van der Waals surface area contributed by atoms with Crippen molar-refractivity contribution in [3.63, 3.8) is 0 Å². The maximum absolute atomic E-state index is 13.5. The van der Waals surface area contributed by atoms with Crippen LogP contribution >= 0.6 is 0 Å². The van der Waals surface area contributed by atoms with Crippen LogP contribution in [0.5, 0.6) is 11.5 Å². The maximum atomic E-state index is 13.5. The van der Waals surface area contributed by atoms with Gasteiger partial charge in [-0.05, 0) is 37.1 Å². The monoisotopic (exact) mass is 500 g/mol. The number of hydrogen-bond acceptors (Lipinski definition) is 6. The van der Waals surface area contributed by atoms with Crippen LogP contribution in [-0.4, -0.2) is 34.5 Å². The van der Waals surface area contributed by atoms with Gasteiger partial charge in [-0.25, -0.2) is 4.79 Å². The molecule has 0 fully saturated rings. The van der Waals surface area contributed by atoms with Crippen LogP contribution in [0, 0.1) is 6.92 Å². The molecule has 37 heavy (non-hydrogen) atoms. The second kappa shape index (κ2) is 10.9. The van der Waals surface area contributed by atoms with Crippen LogP contribution in [0.1, 0.15) is 40.1 Å². The van der Waals surface area contributed by atoms with Gasteiger partial charge >= 0.3 is 5.69 Å². The highest BCUT2D eigenvalue weighted by Gasteiger charge is 2.22. The summed E-state index contributed by atoms with van der Waals surface area (Å²) in [6.45, 7) is 3.73. The number of aromatic nitrogens is 3. The summed E-state index contributed by atoms with van der Waals surface area (Å²) in [7, 11) is 2.97. The van der Waals surface area contributed by atoms with Crippen molar-refractivity contribution in [2.75, 3.05) is 14.2 Å². The van der Waals surface area contributed by atoms with Gasteiger partial charge in [0.15, 0.2) is 11.5 Å². The highest BCUT2D eigenvalue weighted by atomic mass is 16.5. The lowest BCUT2D eigenvalue weighted by molar-refractivity contribution is 0.0930. The van der Waals surface area contributed by atoms with E-state index in [1.54, 1.807) is 18.2 Å². The molecule has 1 unspecified atom stereocenters. The van der Waals surface area contributed by atoms with Gasteiger partial charge in [-0.3, -0.25) is 14.2 Å². The lowest BCUT2D eigenvalue weighted by atomic mass is 10.1. The van der Waals surface area contributed by atoms with Crippen LogP contribution in [0.4, 0.5) is 0 Å². The maximum Gasteiger partial charge on any atom is 0.352 e. The van der Waals surface area contributed by atoms with Crippen LogP contribution in [0.15, 0.2) is 82.4 Å². The van der Waals surface area contributed by atoms with Crippen LogP contribution in [0.25, 0.3) is 5.69 Å². The van der Waals surface area contributed by atoms with E-state index >= 15 is 0 Å². The first-order chi connectivity index (χ1) is 17.8. The zero-order valence-corrected chi connectivity index (χ0v) is 21.1. The minimum atomic E-state index is -0.778. The van der Waals surface area contributed by atoms with Crippen molar-refractivity contribution in [3.8, 4) is 17.2 Å². The Hall–Kier alpha value is -4.66. The van der Waals surface area contributed by atoms with E-state index < -0.39 is 22.9 Å². The van der Waals surface area contributed by atoms with E-state index in [-0.39, 0.29) is 12.6 Å². The second-order valence-electron chi connectivity index (χ2n) is 8.56. The fourth-order valence-electron chi connectivity index (χ4n) is 3.89. The summed E-state index contributed by atoms with van der Waals surface area (Å²) in [5.74, 6) is 0.142. The van der Waals surface area contributed by atoms with Crippen molar-refractivity contribution in [1.82, 2.24) is 19.7 Å². The highest BCUT2D eigenvalue weighted by Crippen LogP contribution is 2.28. The number of rotatable bonds is 8. The topological polar surface area (TPSA) is 104 Å². The smallest absolute Gasteiger partial charge is 0.352 e. The fourth-order valence-corrected chi connectivity index (χ4v) is 3.89. The first-order valence-corrected chi connectivity index (χ1v) is 11.7. The average Bonchev–Trinajstić information content (AvgIpc) is 2.92. The standard InChI is InChI=1S/C28H28N4O5/c1-18-10-12-20(13-11-18)17-31-27(34)25(26(33)29-19(2)21-8-6-5-7-9-21)30-32(28(31)35)22-14-15-23(36-3)24(16-22)37-4/h5-16,19H,17H2,1-4H3,(H,29,33). The predicted octanol–water partition coefficient (Wildman–Crippen LogP) is 3.26. The molecule has 0 radical (unpaired) electrons. The van der Waals surface area contributed by atoms with Crippen molar-refractivity contribution in [2.24, 2.45) is 0 Å². The van der Waals surface area contributed by atoms with Crippen LogP contribution < -0.4 is 26.0 Å². The van der Waals surface area contributed by atoms with Crippen LogP contribution in [-0.2, 0) is 6.54 Å². The third-order valence-corrected chi connectivity index (χ3v) is 6.00. The Morgan fingerprint density at radius 1 is 0.946 bits per heavy atom. The molecule has 1 N–H and O–H groups in total. The number of nitrogens with one attached hydrogen (secondary N) is 1. The number of nitrogens with zero attached hydrogens (tertiary/aromatic N) is 3. The molecule has 0 saturated heterocycles. The van der Waals surface area contributed by atoms with E-state index in [2.05, 4.69) is 10.4 Å². The molecule has 1 heterocycles. The molecular weight excluding hydrogens is 472 g/mol. The Morgan fingerprint density at radius 3 is 2.27 bits per heavy atom. The normalized spacial score (nSPS) is 11.6. The molecule has 1 amide bonds. The molecule has 0 aliphatic rings. The van der Waals surface area contributed by atoms with Gasteiger partial charge in [-0.15, -0.1) is 0 Å². The molecule has 9 nitrogen and oxygen atoms in total. The number of amides is 1. The van der Waals surface area contributed by atoms with Crippen molar-refractivity contribution >= 4 is 5.91 Å². The molecule has 4 rings (SSSR count). The van der Waals surface area contributed by atoms with Gasteiger partial charge in [-0.2, -0.15) is 9.78 Å². The number of carbonyl (C=O) groups is 1. The zero-order chi connectivity index (χ0) is 26.5. The average molecular weight is 501 g/mol. The number of aryl methyl sites for hydroxylation is 1. The summed E-state index contributed by atoms with van der Waals surface area (Å²) < 4.78 is 12.7. The molecule has 1 aromatic heterocycles. The Kier molecular flexibility index (Phi) is 7.52. The van der Waals surface area contributed by atoms with E-state index in [0.717, 1.165) is 25.9 Å². The minimum absolute atomic E-state index is 0.0255. The first kappa shape index (κ1) is 25.4. The summed E-state index contributed by atoms with van der Waals surface area (Å²) >= 11 is 0. The molecular formula is C28H28N4O5. The van der Waals surface area contributed by atoms with Gasteiger partial charge in [0.2, 0.25) is 5.69 Å².